The second kappa shape index (κ2) is 12.4. The lowest BCUT2D eigenvalue weighted by Crippen LogP contribution is -2.47. The monoisotopic (exact) mass is 547 g/mol. The van der Waals surface area contributed by atoms with Gasteiger partial charge in [-0.05, 0) is 81.3 Å². The number of carbonyl (C=O) groups excluding carboxylic acids is 1. The first-order chi connectivity index (χ1) is 19.1. The lowest BCUT2D eigenvalue weighted by molar-refractivity contribution is -0.142. The lowest BCUT2D eigenvalue weighted by atomic mass is 9.90. The van der Waals surface area contributed by atoms with Crippen molar-refractivity contribution in [2.24, 2.45) is 5.92 Å². The maximum Gasteiger partial charge on any atom is 0.407 e. The molecule has 0 aliphatic rings. The Hall–Kier alpha value is -4.73. The molecule has 2 unspecified atom stereocenters. The molecule has 208 valence electrons. The summed E-state index contributed by atoms with van der Waals surface area (Å²) in [6, 6.07) is 20.8. The van der Waals surface area contributed by atoms with Crippen LogP contribution >= 0.6 is 0 Å². The molecule has 2 N–H and O–H groups in total. The molecule has 1 amide bonds. The van der Waals surface area contributed by atoms with Gasteiger partial charge in [0.05, 0.1) is 12.0 Å². The van der Waals surface area contributed by atoms with E-state index < -0.39 is 29.6 Å². The molecule has 1 heterocycles. The van der Waals surface area contributed by atoms with E-state index in [2.05, 4.69) is 15.5 Å². The summed E-state index contributed by atoms with van der Waals surface area (Å²) in [6.45, 7) is 5.17. The predicted octanol–water partition coefficient (Wildman–Crippen LogP) is 6.05. The van der Waals surface area contributed by atoms with Crippen molar-refractivity contribution in [2.75, 3.05) is 0 Å². The van der Waals surface area contributed by atoms with E-state index in [-0.39, 0.29) is 30.4 Å². The van der Waals surface area contributed by atoms with Crippen LogP contribution in [0.25, 0.3) is 11.5 Å². The Morgan fingerprint density at radius 2 is 1.55 bits per heavy atom. The number of nitrogens with one attached hydrogen (secondary N) is 1. The highest BCUT2D eigenvalue weighted by Gasteiger charge is 2.33. The van der Waals surface area contributed by atoms with Crippen LogP contribution in [0.4, 0.5) is 9.18 Å². The summed E-state index contributed by atoms with van der Waals surface area (Å²) in [7, 11) is 0. The molecular weight excluding hydrogens is 517 g/mol. The normalized spacial score (nSPS) is 12.8. The van der Waals surface area contributed by atoms with Gasteiger partial charge in [0.2, 0.25) is 11.8 Å². The number of hydrogen-bond acceptors (Lipinski definition) is 7. The molecule has 3 aromatic carbocycles. The fourth-order valence-electron chi connectivity index (χ4n) is 3.97. The van der Waals surface area contributed by atoms with Crippen molar-refractivity contribution >= 4 is 12.1 Å². The average Bonchev–Trinajstić information content (AvgIpc) is 3.36. The number of aliphatic carboxylic acids is 1. The molecule has 0 saturated heterocycles. The molecule has 1 aromatic heterocycles. The number of benzene rings is 3. The smallest absolute Gasteiger partial charge is 0.407 e. The van der Waals surface area contributed by atoms with Crippen molar-refractivity contribution in [3.8, 4) is 23.0 Å². The van der Waals surface area contributed by atoms with E-state index in [4.69, 9.17) is 13.9 Å². The molecule has 0 aliphatic carbocycles. The Labute approximate surface area is 231 Å². The maximum atomic E-state index is 13.1. The van der Waals surface area contributed by atoms with E-state index >= 15 is 0 Å². The van der Waals surface area contributed by atoms with Crippen LogP contribution in [-0.2, 0) is 22.4 Å². The number of aromatic nitrogens is 2. The summed E-state index contributed by atoms with van der Waals surface area (Å²) in [6.07, 6.45) is -0.595. The van der Waals surface area contributed by atoms with E-state index in [9.17, 15) is 19.1 Å². The number of carboxylic acids is 1. The van der Waals surface area contributed by atoms with Crippen LogP contribution in [0.1, 0.15) is 32.2 Å². The SMILES string of the molecule is CC(C)(C)OC(=O)NC(Cc1nnc(-c2ccc(Oc3ccc(F)cc3)cc2)o1)C(Cc1ccccc1)C(=O)O. The number of nitrogens with zero attached hydrogens (tertiary/aromatic N) is 2. The molecule has 4 aromatic rings. The molecule has 4 rings (SSSR count). The van der Waals surface area contributed by atoms with Gasteiger partial charge in [0.1, 0.15) is 22.9 Å². The largest absolute Gasteiger partial charge is 0.481 e. The highest BCUT2D eigenvalue weighted by atomic mass is 19.1. The number of carboxylic acid groups (broad SMARTS) is 1. The van der Waals surface area contributed by atoms with Crippen molar-refractivity contribution in [1.82, 2.24) is 15.5 Å². The molecule has 0 saturated carbocycles. The molecule has 0 aliphatic heterocycles. The third kappa shape index (κ3) is 8.13. The number of ether oxygens (including phenoxy) is 2. The van der Waals surface area contributed by atoms with E-state index in [1.165, 1.54) is 24.3 Å². The fraction of sp³-hybridized carbons (Fsp3) is 0.267. The quantitative estimate of drug-likeness (QED) is 0.246. The Balaban J connectivity index is 1.51. The van der Waals surface area contributed by atoms with E-state index in [1.54, 1.807) is 45.0 Å². The molecule has 40 heavy (non-hydrogen) atoms. The zero-order valence-electron chi connectivity index (χ0n) is 22.3. The van der Waals surface area contributed by atoms with Crippen molar-refractivity contribution in [1.29, 1.82) is 0 Å². The molecule has 0 bridgehead atoms. The van der Waals surface area contributed by atoms with Crippen molar-refractivity contribution in [3.63, 3.8) is 0 Å². The van der Waals surface area contributed by atoms with Crippen LogP contribution in [0.2, 0.25) is 0 Å². The first-order valence-corrected chi connectivity index (χ1v) is 12.7. The summed E-state index contributed by atoms with van der Waals surface area (Å²) < 4.78 is 30.1. The fourth-order valence-corrected chi connectivity index (χ4v) is 3.97. The molecule has 10 heteroatoms. The zero-order chi connectivity index (χ0) is 28.7. The summed E-state index contributed by atoms with van der Waals surface area (Å²) in [5.41, 5.74) is 0.651. The average molecular weight is 548 g/mol. The minimum atomic E-state index is -1.08. The van der Waals surface area contributed by atoms with Gasteiger partial charge in [0.15, 0.2) is 0 Å². The third-order valence-corrected chi connectivity index (χ3v) is 5.82. The van der Waals surface area contributed by atoms with Gasteiger partial charge in [-0.15, -0.1) is 10.2 Å². The van der Waals surface area contributed by atoms with Crippen LogP contribution < -0.4 is 10.1 Å². The van der Waals surface area contributed by atoms with Crippen LogP contribution in [0.3, 0.4) is 0 Å². The van der Waals surface area contributed by atoms with Crippen LogP contribution in [0.15, 0.2) is 83.3 Å². The second-order valence-electron chi connectivity index (χ2n) is 10.2. The minimum absolute atomic E-state index is 0.0260. The van der Waals surface area contributed by atoms with Gasteiger partial charge in [0, 0.05) is 12.0 Å². The molecule has 0 radical (unpaired) electrons. The molecular formula is C30H30FN3O6. The van der Waals surface area contributed by atoms with Gasteiger partial charge in [-0.25, -0.2) is 9.18 Å². The number of rotatable bonds is 10. The number of alkyl carbamates (subject to hydrolysis) is 1. The highest BCUT2D eigenvalue weighted by Crippen LogP contribution is 2.26. The Bertz CT molecular complexity index is 1420. The maximum absolute atomic E-state index is 13.1. The van der Waals surface area contributed by atoms with Crippen molar-refractivity contribution in [2.45, 2.75) is 45.3 Å². The number of amides is 1. The Kier molecular flexibility index (Phi) is 8.78. The number of carbonyl (C=O) groups is 2. The third-order valence-electron chi connectivity index (χ3n) is 5.82. The van der Waals surface area contributed by atoms with Gasteiger partial charge in [-0.2, -0.15) is 0 Å². The van der Waals surface area contributed by atoms with Crippen LogP contribution in [-0.4, -0.2) is 39.0 Å². The van der Waals surface area contributed by atoms with E-state index in [0.29, 0.717) is 17.1 Å². The van der Waals surface area contributed by atoms with Gasteiger partial charge in [-0.1, -0.05) is 30.3 Å². The lowest BCUT2D eigenvalue weighted by Gasteiger charge is -2.26. The van der Waals surface area contributed by atoms with Crippen molar-refractivity contribution in [3.05, 3.63) is 96.1 Å². The summed E-state index contributed by atoms with van der Waals surface area (Å²) in [5.74, 6) is -1.04. The summed E-state index contributed by atoms with van der Waals surface area (Å²) in [4.78, 5) is 24.9. The zero-order valence-corrected chi connectivity index (χ0v) is 22.3. The number of hydrogen-bond donors (Lipinski definition) is 2. The topological polar surface area (TPSA) is 124 Å². The second-order valence-corrected chi connectivity index (χ2v) is 10.2. The van der Waals surface area contributed by atoms with Crippen LogP contribution in [0.5, 0.6) is 11.5 Å². The van der Waals surface area contributed by atoms with Crippen molar-refractivity contribution < 1.29 is 33.0 Å². The Morgan fingerprint density at radius 3 is 2.15 bits per heavy atom. The molecule has 0 spiro atoms. The van der Waals surface area contributed by atoms with Crippen LogP contribution in [0, 0.1) is 11.7 Å². The first kappa shape index (κ1) is 28.3. The molecule has 0 fully saturated rings. The van der Waals surface area contributed by atoms with Gasteiger partial charge in [0.25, 0.3) is 0 Å². The van der Waals surface area contributed by atoms with E-state index in [1.807, 2.05) is 30.3 Å². The molecule has 2 atom stereocenters. The number of halogens is 1. The van der Waals surface area contributed by atoms with Gasteiger partial charge in [-0.3, -0.25) is 4.79 Å². The van der Waals surface area contributed by atoms with E-state index in [0.717, 1.165) is 5.56 Å². The van der Waals surface area contributed by atoms with Gasteiger partial charge < -0.3 is 24.3 Å². The van der Waals surface area contributed by atoms with Gasteiger partial charge >= 0.3 is 12.1 Å². The highest BCUT2D eigenvalue weighted by molar-refractivity contribution is 5.74. The summed E-state index contributed by atoms with van der Waals surface area (Å²) in [5, 5.41) is 21.0. The predicted molar refractivity (Wildman–Crippen MR) is 144 cm³/mol. The molecule has 9 nitrogen and oxygen atoms in total. The summed E-state index contributed by atoms with van der Waals surface area (Å²) >= 11 is 0. The first-order valence-electron chi connectivity index (χ1n) is 12.7. The Morgan fingerprint density at radius 1 is 0.925 bits per heavy atom. The minimum Gasteiger partial charge on any atom is -0.481 e. The standard InChI is InChI=1S/C30H30FN3O6/c1-30(2,3)40-29(37)32-25(24(28(35)36)17-19-7-5-4-6-8-19)18-26-33-34-27(39-26)20-9-13-22(14-10-20)38-23-15-11-21(31)12-16-23/h4-16,24-25H,17-18H2,1-3H3,(H,32,37)(H,35,36).